The summed E-state index contributed by atoms with van der Waals surface area (Å²) in [6.45, 7) is 0. The van der Waals surface area contributed by atoms with Gasteiger partial charge in [-0.1, -0.05) is 91.0 Å². The normalized spacial score (nSPS) is 10.4. The van der Waals surface area contributed by atoms with Crippen LogP contribution in [0, 0.1) is 0 Å². The summed E-state index contributed by atoms with van der Waals surface area (Å²) in [5, 5.41) is 3.48. The number of benzene rings is 4. The molecule has 0 saturated heterocycles. The zero-order valence-corrected chi connectivity index (χ0v) is 16.1. The molecule has 0 spiro atoms. The first-order chi connectivity index (χ1) is 13.7. The zero-order chi connectivity index (χ0) is 19.3. The molecule has 4 aromatic rings. The van der Waals surface area contributed by atoms with E-state index in [1.165, 1.54) is 5.56 Å². The molecule has 3 N–H and O–H groups in total. The summed E-state index contributed by atoms with van der Waals surface area (Å²) in [7, 11) is 0. The van der Waals surface area contributed by atoms with Crippen molar-refractivity contribution in [2.24, 2.45) is 5.73 Å². The lowest BCUT2D eigenvalue weighted by Gasteiger charge is -2.19. The van der Waals surface area contributed by atoms with Gasteiger partial charge in [-0.05, 0) is 46.6 Å². The van der Waals surface area contributed by atoms with E-state index in [1.807, 2.05) is 42.5 Å². The molecule has 4 rings (SSSR count). The van der Waals surface area contributed by atoms with E-state index in [1.54, 1.807) is 0 Å². The fourth-order valence-corrected chi connectivity index (χ4v) is 3.49. The molecule has 4 aromatic carbocycles. The Bertz CT molecular complexity index is 1030. The van der Waals surface area contributed by atoms with Crippen LogP contribution in [0.5, 0.6) is 0 Å². The first-order valence-corrected chi connectivity index (χ1v) is 9.54. The van der Waals surface area contributed by atoms with Crippen LogP contribution in [-0.2, 0) is 0 Å². The SMILES string of the molecule is NC(=S)Nc1c(-c2ccccc2)cc(-c2ccccc2)cc1-c1ccccc1. The number of hydrogen-bond acceptors (Lipinski definition) is 1. The van der Waals surface area contributed by atoms with Crippen LogP contribution in [0.2, 0.25) is 0 Å². The lowest BCUT2D eigenvalue weighted by Crippen LogP contribution is -2.20. The summed E-state index contributed by atoms with van der Waals surface area (Å²) in [6, 6.07) is 35.4. The van der Waals surface area contributed by atoms with Crippen LogP contribution in [0.25, 0.3) is 33.4 Å². The van der Waals surface area contributed by atoms with Crippen LogP contribution in [0.4, 0.5) is 5.69 Å². The molecular formula is C25H20N2S. The smallest absolute Gasteiger partial charge is 0.168 e. The standard InChI is InChI=1S/C25H20N2S/c26-25(28)27-24-22(19-12-6-2-7-13-19)16-21(18-10-4-1-5-11-18)17-23(24)20-14-8-3-9-15-20/h1-17H,(H3,26,27,28). The minimum Gasteiger partial charge on any atom is -0.376 e. The Morgan fingerprint density at radius 3 is 1.36 bits per heavy atom. The van der Waals surface area contributed by atoms with Crippen LogP contribution >= 0.6 is 12.2 Å². The van der Waals surface area contributed by atoms with Gasteiger partial charge in [0.25, 0.3) is 0 Å². The van der Waals surface area contributed by atoms with Gasteiger partial charge in [0, 0.05) is 11.1 Å². The van der Waals surface area contributed by atoms with E-state index in [-0.39, 0.29) is 5.11 Å². The molecule has 0 heterocycles. The van der Waals surface area contributed by atoms with Gasteiger partial charge in [0.15, 0.2) is 5.11 Å². The van der Waals surface area contributed by atoms with E-state index in [2.05, 4.69) is 66.0 Å². The molecule has 0 fully saturated rings. The van der Waals surface area contributed by atoms with Crippen LogP contribution in [0.15, 0.2) is 103 Å². The third-order valence-electron chi connectivity index (χ3n) is 4.66. The van der Waals surface area contributed by atoms with Crippen molar-refractivity contribution in [2.45, 2.75) is 0 Å². The molecule has 0 radical (unpaired) electrons. The van der Waals surface area contributed by atoms with E-state index in [9.17, 15) is 0 Å². The van der Waals surface area contributed by atoms with Crippen molar-refractivity contribution >= 4 is 23.0 Å². The molecule has 2 nitrogen and oxygen atoms in total. The summed E-state index contributed by atoms with van der Waals surface area (Å²) in [6.07, 6.45) is 0. The van der Waals surface area contributed by atoms with E-state index in [0.29, 0.717) is 0 Å². The Balaban J connectivity index is 2.03. The number of hydrogen-bond donors (Lipinski definition) is 2. The molecule has 28 heavy (non-hydrogen) atoms. The first kappa shape index (κ1) is 18.0. The van der Waals surface area contributed by atoms with Gasteiger partial charge in [-0.15, -0.1) is 0 Å². The average Bonchev–Trinajstić information content (AvgIpc) is 2.75. The summed E-state index contributed by atoms with van der Waals surface area (Å²) in [5.74, 6) is 0. The molecule has 0 aromatic heterocycles. The average molecular weight is 381 g/mol. The van der Waals surface area contributed by atoms with Crippen molar-refractivity contribution in [2.75, 3.05) is 5.32 Å². The first-order valence-electron chi connectivity index (χ1n) is 9.13. The van der Waals surface area contributed by atoms with E-state index in [0.717, 1.165) is 33.5 Å². The minimum absolute atomic E-state index is 0.252. The van der Waals surface area contributed by atoms with Gasteiger partial charge in [-0.25, -0.2) is 0 Å². The predicted molar refractivity (Wildman–Crippen MR) is 123 cm³/mol. The summed E-state index contributed by atoms with van der Waals surface area (Å²) in [4.78, 5) is 0. The van der Waals surface area contributed by atoms with Gasteiger partial charge in [0.1, 0.15) is 0 Å². The Morgan fingerprint density at radius 1 is 0.571 bits per heavy atom. The monoisotopic (exact) mass is 380 g/mol. The quantitative estimate of drug-likeness (QED) is 0.406. The van der Waals surface area contributed by atoms with Crippen LogP contribution in [-0.4, -0.2) is 5.11 Å². The van der Waals surface area contributed by atoms with Crippen LogP contribution in [0.3, 0.4) is 0 Å². The van der Waals surface area contributed by atoms with Crippen molar-refractivity contribution < 1.29 is 0 Å². The minimum atomic E-state index is 0.252. The largest absolute Gasteiger partial charge is 0.376 e. The Morgan fingerprint density at radius 2 is 0.964 bits per heavy atom. The van der Waals surface area contributed by atoms with E-state index < -0.39 is 0 Å². The molecule has 0 atom stereocenters. The maximum absolute atomic E-state index is 5.89. The predicted octanol–water partition coefficient (Wildman–Crippen LogP) is 6.34. The lowest BCUT2D eigenvalue weighted by atomic mass is 9.91. The second-order valence-corrected chi connectivity index (χ2v) is 6.97. The summed E-state index contributed by atoms with van der Waals surface area (Å²) >= 11 is 5.19. The van der Waals surface area contributed by atoms with Crippen molar-refractivity contribution in [3.8, 4) is 33.4 Å². The Labute approximate surface area is 170 Å². The van der Waals surface area contributed by atoms with Gasteiger partial charge in [-0.3, -0.25) is 0 Å². The third kappa shape index (κ3) is 3.80. The summed E-state index contributed by atoms with van der Waals surface area (Å²) in [5.41, 5.74) is 13.5. The topological polar surface area (TPSA) is 38.0 Å². The molecule has 0 aliphatic rings. The third-order valence-corrected chi connectivity index (χ3v) is 4.77. The van der Waals surface area contributed by atoms with Gasteiger partial charge in [0.2, 0.25) is 0 Å². The second kappa shape index (κ2) is 8.07. The Hall–Kier alpha value is -3.43. The second-order valence-electron chi connectivity index (χ2n) is 6.53. The summed E-state index contributed by atoms with van der Waals surface area (Å²) < 4.78 is 0. The van der Waals surface area contributed by atoms with E-state index in [4.69, 9.17) is 18.0 Å². The van der Waals surface area contributed by atoms with E-state index >= 15 is 0 Å². The molecule has 0 saturated carbocycles. The highest BCUT2D eigenvalue weighted by molar-refractivity contribution is 7.80. The molecule has 0 bridgehead atoms. The van der Waals surface area contributed by atoms with Gasteiger partial charge in [0.05, 0.1) is 5.69 Å². The lowest BCUT2D eigenvalue weighted by molar-refractivity contribution is 1.54. The number of anilines is 1. The molecule has 0 amide bonds. The van der Waals surface area contributed by atoms with Gasteiger partial charge >= 0.3 is 0 Å². The van der Waals surface area contributed by atoms with Crippen LogP contribution < -0.4 is 11.1 Å². The molecule has 0 unspecified atom stereocenters. The van der Waals surface area contributed by atoms with Gasteiger partial charge in [-0.2, -0.15) is 0 Å². The number of nitrogens with two attached hydrogens (primary N) is 1. The van der Waals surface area contributed by atoms with Crippen molar-refractivity contribution in [1.29, 1.82) is 0 Å². The highest BCUT2D eigenvalue weighted by Crippen LogP contribution is 2.40. The molecule has 3 heteroatoms. The zero-order valence-electron chi connectivity index (χ0n) is 15.3. The molecule has 0 aliphatic heterocycles. The van der Waals surface area contributed by atoms with Crippen molar-refractivity contribution in [3.63, 3.8) is 0 Å². The number of thiocarbonyl (C=S) groups is 1. The van der Waals surface area contributed by atoms with Crippen molar-refractivity contribution in [3.05, 3.63) is 103 Å². The Kier molecular flexibility index (Phi) is 5.18. The maximum Gasteiger partial charge on any atom is 0.168 e. The van der Waals surface area contributed by atoms with Crippen LogP contribution in [0.1, 0.15) is 0 Å². The maximum atomic E-state index is 5.89. The fraction of sp³-hybridized carbons (Fsp3) is 0. The number of nitrogens with one attached hydrogen (secondary N) is 1. The highest BCUT2D eigenvalue weighted by atomic mass is 32.1. The van der Waals surface area contributed by atoms with Gasteiger partial charge < -0.3 is 11.1 Å². The van der Waals surface area contributed by atoms with Crippen molar-refractivity contribution in [1.82, 2.24) is 0 Å². The molecule has 136 valence electrons. The highest BCUT2D eigenvalue weighted by Gasteiger charge is 2.15. The molecule has 0 aliphatic carbocycles. The molecular weight excluding hydrogens is 360 g/mol. The number of rotatable bonds is 4. The fourth-order valence-electron chi connectivity index (χ4n) is 3.39.